The molecule has 2 N–H and O–H groups in total. The van der Waals surface area contributed by atoms with E-state index >= 15 is 0 Å². The number of nitrogens with zero attached hydrogens (tertiary/aromatic N) is 2. The predicted octanol–water partition coefficient (Wildman–Crippen LogP) is 1.70. The van der Waals surface area contributed by atoms with E-state index < -0.39 is 12.1 Å². The largest absolute Gasteiger partial charge is 0.762 e. The van der Waals surface area contributed by atoms with Gasteiger partial charge in [-0.25, -0.2) is 0 Å². The molecule has 0 bridgehead atoms. The van der Waals surface area contributed by atoms with E-state index in [9.17, 15) is 10.4 Å². The van der Waals surface area contributed by atoms with E-state index in [2.05, 4.69) is 0 Å². The fourth-order valence-electron chi connectivity index (χ4n) is 3.31. The summed E-state index contributed by atoms with van der Waals surface area (Å²) in [6.07, 6.45) is 5.45. The number of hydrogen-bond acceptors (Lipinski definition) is 6. The van der Waals surface area contributed by atoms with Crippen molar-refractivity contribution in [2.45, 2.75) is 50.6 Å². The molecule has 2 aliphatic carbocycles. The fourth-order valence-corrected chi connectivity index (χ4v) is 3.31. The van der Waals surface area contributed by atoms with Gasteiger partial charge in [0.25, 0.3) is 0 Å². The lowest BCUT2D eigenvalue weighted by atomic mass is 9.68. The van der Waals surface area contributed by atoms with Crippen molar-refractivity contribution in [2.75, 3.05) is 0 Å². The highest BCUT2D eigenvalue weighted by Crippen LogP contribution is 2.42. The van der Waals surface area contributed by atoms with E-state index in [1.54, 1.807) is 0 Å². The van der Waals surface area contributed by atoms with Crippen LogP contribution >= 0.6 is 0 Å². The lowest BCUT2D eigenvalue weighted by Gasteiger charge is -2.51. The van der Waals surface area contributed by atoms with E-state index in [-0.39, 0.29) is 10.5 Å². The van der Waals surface area contributed by atoms with Gasteiger partial charge in [-0.15, -0.1) is 0 Å². The first-order valence-electron chi connectivity index (χ1n) is 5.90. The highest BCUT2D eigenvalue weighted by molar-refractivity contribution is 4.94. The third-order valence-electron chi connectivity index (χ3n) is 4.17. The molecule has 2 fully saturated rings. The third-order valence-corrected chi connectivity index (χ3v) is 4.17. The summed E-state index contributed by atoms with van der Waals surface area (Å²) in [7, 11) is 0. The number of hydrogen-bond donors (Lipinski definition) is 2. The lowest BCUT2D eigenvalue weighted by molar-refractivity contribution is -0.178. The third kappa shape index (κ3) is 2.37. The molecule has 0 heterocycles. The van der Waals surface area contributed by atoms with Crippen LogP contribution in [0.25, 0.3) is 0 Å². The van der Waals surface area contributed by atoms with E-state index in [4.69, 9.17) is 10.4 Å². The van der Waals surface area contributed by atoms with Gasteiger partial charge < -0.3 is 20.8 Å². The Kier molecular flexibility index (Phi) is 3.78. The molecule has 0 radical (unpaired) electrons. The molecule has 2 saturated carbocycles. The van der Waals surface area contributed by atoms with Crippen molar-refractivity contribution in [3.63, 3.8) is 0 Å². The molecular formula is C10H18N2O4-2. The van der Waals surface area contributed by atoms with Crippen LogP contribution in [0.5, 0.6) is 0 Å². The quantitative estimate of drug-likeness (QED) is 0.701. The van der Waals surface area contributed by atoms with Gasteiger partial charge in [0.15, 0.2) is 0 Å². The standard InChI is InChI=1S/C10H18N2O4/c13-11(14)9-5-7-3-1-2-4-8(7)6-10(9)12(15)16/h7-10,13,15H,1-6H2/q-2. The van der Waals surface area contributed by atoms with E-state index in [0.717, 1.165) is 25.7 Å². The first kappa shape index (κ1) is 12.2. The van der Waals surface area contributed by atoms with E-state index in [1.807, 2.05) is 0 Å². The second-order valence-corrected chi connectivity index (χ2v) is 5.02. The molecule has 2 aliphatic rings. The summed E-state index contributed by atoms with van der Waals surface area (Å²) < 4.78 is 0. The number of hydroxylamine groups is 4. The van der Waals surface area contributed by atoms with Crippen LogP contribution in [-0.4, -0.2) is 33.0 Å². The van der Waals surface area contributed by atoms with Crippen LogP contribution in [-0.2, 0) is 0 Å². The first-order valence-corrected chi connectivity index (χ1v) is 5.90. The Hall–Kier alpha value is -0.240. The smallest absolute Gasteiger partial charge is 0.0387 e. The lowest BCUT2D eigenvalue weighted by Crippen LogP contribution is -2.52. The van der Waals surface area contributed by atoms with Gasteiger partial charge in [0.05, 0.1) is 0 Å². The van der Waals surface area contributed by atoms with Crippen molar-refractivity contribution in [1.82, 2.24) is 10.5 Å². The molecule has 0 aromatic heterocycles. The van der Waals surface area contributed by atoms with Crippen molar-refractivity contribution in [2.24, 2.45) is 11.8 Å². The van der Waals surface area contributed by atoms with Crippen LogP contribution < -0.4 is 0 Å². The van der Waals surface area contributed by atoms with Gasteiger partial charge in [-0.1, -0.05) is 25.7 Å². The van der Waals surface area contributed by atoms with Gasteiger partial charge in [-0.3, -0.25) is 10.5 Å². The van der Waals surface area contributed by atoms with Gasteiger partial charge in [-0.05, 0) is 24.7 Å². The van der Waals surface area contributed by atoms with Crippen LogP contribution in [0, 0.1) is 22.3 Å². The summed E-state index contributed by atoms with van der Waals surface area (Å²) in [6, 6.07) is -1.58. The van der Waals surface area contributed by atoms with Gasteiger partial charge in [-0.2, -0.15) is 0 Å². The topological polar surface area (TPSA) is 93.1 Å². The molecule has 4 unspecified atom stereocenters. The monoisotopic (exact) mass is 230 g/mol. The van der Waals surface area contributed by atoms with Crippen LogP contribution in [0.15, 0.2) is 0 Å². The second-order valence-electron chi connectivity index (χ2n) is 5.02. The van der Waals surface area contributed by atoms with Crippen molar-refractivity contribution in [1.29, 1.82) is 0 Å². The molecule has 0 aromatic carbocycles. The van der Waals surface area contributed by atoms with Gasteiger partial charge in [0.2, 0.25) is 0 Å². The second kappa shape index (κ2) is 4.95. The minimum atomic E-state index is -0.790. The minimum absolute atomic E-state index is 0.156. The highest BCUT2D eigenvalue weighted by Gasteiger charge is 2.39. The zero-order valence-electron chi connectivity index (χ0n) is 9.16. The molecule has 6 nitrogen and oxygen atoms in total. The molecule has 0 amide bonds. The summed E-state index contributed by atoms with van der Waals surface area (Å²) in [5.41, 5.74) is 0. The molecule has 0 saturated heterocycles. The average molecular weight is 230 g/mol. The highest BCUT2D eigenvalue weighted by atomic mass is 16.8. The molecule has 2 rings (SSSR count). The summed E-state index contributed by atoms with van der Waals surface area (Å²) in [4.78, 5) is 0. The summed E-state index contributed by atoms with van der Waals surface area (Å²) in [5.74, 6) is 0.831. The first-order chi connectivity index (χ1) is 7.59. The van der Waals surface area contributed by atoms with Gasteiger partial charge in [0, 0.05) is 12.1 Å². The Morgan fingerprint density at radius 2 is 1.19 bits per heavy atom. The maximum atomic E-state index is 11.0. The zero-order valence-corrected chi connectivity index (χ0v) is 9.16. The van der Waals surface area contributed by atoms with Gasteiger partial charge in [0.1, 0.15) is 0 Å². The molecule has 0 aliphatic heterocycles. The van der Waals surface area contributed by atoms with Crippen LogP contribution in [0.1, 0.15) is 38.5 Å². The van der Waals surface area contributed by atoms with Crippen LogP contribution in [0.2, 0.25) is 0 Å². The Morgan fingerprint density at radius 1 is 0.812 bits per heavy atom. The fraction of sp³-hybridized carbons (Fsp3) is 1.00. The summed E-state index contributed by atoms with van der Waals surface area (Å²) in [6.45, 7) is 0. The number of rotatable bonds is 2. The zero-order chi connectivity index (χ0) is 11.7. The van der Waals surface area contributed by atoms with E-state index in [1.165, 1.54) is 0 Å². The normalized spacial score (nSPS) is 40.1. The molecule has 6 heteroatoms. The maximum Gasteiger partial charge on any atom is 0.0387 e. The molecular weight excluding hydrogens is 212 g/mol. The molecule has 16 heavy (non-hydrogen) atoms. The van der Waals surface area contributed by atoms with Crippen molar-refractivity contribution in [3.05, 3.63) is 10.4 Å². The minimum Gasteiger partial charge on any atom is -0.762 e. The maximum absolute atomic E-state index is 11.0. The van der Waals surface area contributed by atoms with Crippen molar-refractivity contribution in [3.8, 4) is 0 Å². The Bertz CT molecular complexity index is 213. The van der Waals surface area contributed by atoms with E-state index in [0.29, 0.717) is 24.7 Å². The van der Waals surface area contributed by atoms with Crippen molar-refractivity contribution >= 4 is 0 Å². The molecule has 0 aromatic rings. The summed E-state index contributed by atoms with van der Waals surface area (Å²) >= 11 is 0. The Labute approximate surface area is 94.5 Å². The SMILES string of the molecule is [O-]N(O)C1CC2CCCCC2CC1N([O-])O. The molecule has 4 atom stereocenters. The Balaban J connectivity index is 2.07. The predicted molar refractivity (Wildman–Crippen MR) is 56.2 cm³/mol. The molecule has 0 spiro atoms. The average Bonchev–Trinajstić information content (AvgIpc) is 2.27. The van der Waals surface area contributed by atoms with Crippen LogP contribution in [0.4, 0.5) is 0 Å². The van der Waals surface area contributed by atoms with Gasteiger partial charge >= 0.3 is 0 Å². The number of fused-ring (bicyclic) bond motifs is 1. The Morgan fingerprint density at radius 3 is 1.50 bits per heavy atom. The molecule has 94 valence electrons. The van der Waals surface area contributed by atoms with Crippen molar-refractivity contribution < 1.29 is 10.4 Å². The summed E-state index contributed by atoms with van der Waals surface area (Å²) in [5, 5.41) is 39.6. The van der Waals surface area contributed by atoms with Crippen LogP contribution in [0.3, 0.4) is 0 Å².